The molecule has 0 aromatic heterocycles. The molecule has 4 heteroatoms. The fourth-order valence-corrected chi connectivity index (χ4v) is 2.16. The number of para-hydroxylation sites is 1. The standard InChI is InChI=1S/C16H25FN2O/c1-5-11-18-15-13(9-8-10-14(15)17)16(20)19(7-3)12(4)6-2/h8-10,12,18H,5-7,11H2,1-4H3. The van der Waals surface area contributed by atoms with Crippen LogP contribution < -0.4 is 5.32 Å². The number of hydrogen-bond donors (Lipinski definition) is 1. The third-order valence-electron chi connectivity index (χ3n) is 3.52. The molecule has 1 amide bonds. The Kier molecular flexibility index (Phi) is 6.49. The van der Waals surface area contributed by atoms with E-state index in [-0.39, 0.29) is 17.8 Å². The van der Waals surface area contributed by atoms with Crippen LogP contribution >= 0.6 is 0 Å². The average molecular weight is 280 g/mol. The van der Waals surface area contributed by atoms with Gasteiger partial charge in [-0.3, -0.25) is 4.79 Å². The summed E-state index contributed by atoms with van der Waals surface area (Å²) < 4.78 is 14.0. The molecule has 0 aliphatic carbocycles. The van der Waals surface area contributed by atoms with Crippen molar-refractivity contribution in [2.75, 3.05) is 18.4 Å². The molecule has 0 bridgehead atoms. The van der Waals surface area contributed by atoms with E-state index in [1.54, 1.807) is 17.0 Å². The van der Waals surface area contributed by atoms with E-state index in [9.17, 15) is 9.18 Å². The maximum absolute atomic E-state index is 14.0. The highest BCUT2D eigenvalue weighted by Gasteiger charge is 2.22. The summed E-state index contributed by atoms with van der Waals surface area (Å²) in [5, 5.41) is 3.03. The lowest BCUT2D eigenvalue weighted by Gasteiger charge is -2.28. The normalized spacial score (nSPS) is 12.1. The van der Waals surface area contributed by atoms with E-state index in [0.717, 1.165) is 12.8 Å². The minimum Gasteiger partial charge on any atom is -0.382 e. The summed E-state index contributed by atoms with van der Waals surface area (Å²) in [6.45, 7) is 9.28. The van der Waals surface area contributed by atoms with Crippen molar-refractivity contribution < 1.29 is 9.18 Å². The lowest BCUT2D eigenvalue weighted by molar-refractivity contribution is 0.0700. The quantitative estimate of drug-likeness (QED) is 0.821. The van der Waals surface area contributed by atoms with Crippen LogP contribution in [-0.2, 0) is 0 Å². The number of carbonyl (C=O) groups is 1. The summed E-state index contributed by atoms with van der Waals surface area (Å²) >= 11 is 0. The van der Waals surface area contributed by atoms with Gasteiger partial charge in [-0.25, -0.2) is 4.39 Å². The first-order valence-corrected chi connectivity index (χ1v) is 7.40. The molecule has 1 rings (SSSR count). The van der Waals surface area contributed by atoms with Crippen molar-refractivity contribution in [2.45, 2.75) is 46.6 Å². The van der Waals surface area contributed by atoms with Gasteiger partial charge in [0.05, 0.1) is 11.3 Å². The summed E-state index contributed by atoms with van der Waals surface area (Å²) in [6, 6.07) is 4.81. The van der Waals surface area contributed by atoms with Gasteiger partial charge in [0.1, 0.15) is 5.82 Å². The van der Waals surface area contributed by atoms with E-state index < -0.39 is 0 Å². The number of hydrogen-bond acceptors (Lipinski definition) is 2. The van der Waals surface area contributed by atoms with Crippen LogP contribution in [0, 0.1) is 5.82 Å². The zero-order valence-electron chi connectivity index (χ0n) is 12.9. The predicted octanol–water partition coefficient (Wildman–Crippen LogP) is 3.91. The molecule has 0 heterocycles. The maximum Gasteiger partial charge on any atom is 0.256 e. The summed E-state index contributed by atoms with van der Waals surface area (Å²) in [7, 11) is 0. The van der Waals surface area contributed by atoms with E-state index in [4.69, 9.17) is 0 Å². The second-order valence-electron chi connectivity index (χ2n) is 4.94. The van der Waals surface area contributed by atoms with Crippen LogP contribution in [0.4, 0.5) is 10.1 Å². The monoisotopic (exact) mass is 280 g/mol. The minimum absolute atomic E-state index is 0.111. The molecule has 1 atom stereocenters. The van der Waals surface area contributed by atoms with Crippen molar-refractivity contribution in [1.29, 1.82) is 0 Å². The number of anilines is 1. The Balaban J connectivity index is 3.10. The zero-order chi connectivity index (χ0) is 15.1. The lowest BCUT2D eigenvalue weighted by atomic mass is 10.1. The van der Waals surface area contributed by atoms with Crippen LogP contribution in [0.15, 0.2) is 18.2 Å². The van der Waals surface area contributed by atoms with Crippen LogP contribution in [-0.4, -0.2) is 29.9 Å². The van der Waals surface area contributed by atoms with Gasteiger partial charge in [-0.15, -0.1) is 0 Å². The Bertz CT molecular complexity index is 448. The number of amides is 1. The summed E-state index contributed by atoms with van der Waals surface area (Å²) in [5.41, 5.74) is 0.738. The highest BCUT2D eigenvalue weighted by molar-refractivity contribution is 5.99. The van der Waals surface area contributed by atoms with Gasteiger partial charge < -0.3 is 10.2 Å². The van der Waals surface area contributed by atoms with Gasteiger partial charge in [-0.05, 0) is 38.8 Å². The molecule has 0 fully saturated rings. The van der Waals surface area contributed by atoms with Gasteiger partial charge in [-0.1, -0.05) is 19.9 Å². The van der Waals surface area contributed by atoms with E-state index in [1.807, 2.05) is 27.7 Å². The third-order valence-corrected chi connectivity index (χ3v) is 3.52. The lowest BCUT2D eigenvalue weighted by Crippen LogP contribution is -2.38. The van der Waals surface area contributed by atoms with Gasteiger partial charge in [0.2, 0.25) is 0 Å². The van der Waals surface area contributed by atoms with Gasteiger partial charge in [-0.2, -0.15) is 0 Å². The van der Waals surface area contributed by atoms with Crippen LogP contribution in [0.5, 0.6) is 0 Å². The fourth-order valence-electron chi connectivity index (χ4n) is 2.16. The SMILES string of the molecule is CCCNc1c(F)cccc1C(=O)N(CC)C(C)CC. The molecular formula is C16H25FN2O. The second-order valence-corrected chi connectivity index (χ2v) is 4.94. The smallest absolute Gasteiger partial charge is 0.256 e. The van der Waals surface area contributed by atoms with Crippen molar-refractivity contribution in [2.24, 2.45) is 0 Å². The minimum atomic E-state index is -0.371. The van der Waals surface area contributed by atoms with Gasteiger partial charge in [0, 0.05) is 19.1 Å². The number of halogens is 1. The Morgan fingerprint density at radius 3 is 2.60 bits per heavy atom. The maximum atomic E-state index is 14.0. The average Bonchev–Trinajstić information content (AvgIpc) is 2.46. The zero-order valence-corrected chi connectivity index (χ0v) is 12.9. The van der Waals surface area contributed by atoms with Crippen LogP contribution in [0.1, 0.15) is 50.9 Å². The predicted molar refractivity (Wildman–Crippen MR) is 81.6 cm³/mol. The summed E-state index contributed by atoms with van der Waals surface area (Å²) in [6.07, 6.45) is 1.76. The topological polar surface area (TPSA) is 32.3 Å². The Labute approximate surface area is 121 Å². The first kappa shape index (κ1) is 16.5. The van der Waals surface area contributed by atoms with E-state index in [0.29, 0.717) is 24.3 Å². The van der Waals surface area contributed by atoms with Crippen LogP contribution in [0.25, 0.3) is 0 Å². The molecule has 112 valence electrons. The van der Waals surface area contributed by atoms with Crippen LogP contribution in [0.3, 0.4) is 0 Å². The molecular weight excluding hydrogens is 255 g/mol. The molecule has 3 nitrogen and oxygen atoms in total. The van der Waals surface area contributed by atoms with E-state index in [2.05, 4.69) is 5.32 Å². The first-order valence-electron chi connectivity index (χ1n) is 7.40. The Hall–Kier alpha value is -1.58. The molecule has 0 aliphatic rings. The van der Waals surface area contributed by atoms with E-state index in [1.165, 1.54) is 6.07 Å². The molecule has 0 spiro atoms. The molecule has 1 N–H and O–H groups in total. The van der Waals surface area contributed by atoms with Crippen molar-refractivity contribution in [1.82, 2.24) is 4.90 Å². The molecule has 0 aliphatic heterocycles. The highest BCUT2D eigenvalue weighted by Crippen LogP contribution is 2.22. The number of nitrogens with zero attached hydrogens (tertiary/aromatic N) is 1. The molecule has 1 unspecified atom stereocenters. The molecule has 0 saturated carbocycles. The largest absolute Gasteiger partial charge is 0.382 e. The molecule has 20 heavy (non-hydrogen) atoms. The van der Waals surface area contributed by atoms with Crippen molar-refractivity contribution in [3.8, 4) is 0 Å². The van der Waals surface area contributed by atoms with Gasteiger partial charge in [0.15, 0.2) is 0 Å². The summed E-state index contributed by atoms with van der Waals surface area (Å²) in [4.78, 5) is 14.4. The van der Waals surface area contributed by atoms with E-state index >= 15 is 0 Å². The van der Waals surface area contributed by atoms with Crippen molar-refractivity contribution >= 4 is 11.6 Å². The van der Waals surface area contributed by atoms with Crippen molar-refractivity contribution in [3.63, 3.8) is 0 Å². The number of nitrogens with one attached hydrogen (secondary N) is 1. The molecule has 1 aromatic carbocycles. The molecule has 0 saturated heterocycles. The fraction of sp³-hybridized carbons (Fsp3) is 0.562. The van der Waals surface area contributed by atoms with Gasteiger partial charge in [0.25, 0.3) is 5.91 Å². The number of benzene rings is 1. The molecule has 1 aromatic rings. The second kappa shape index (κ2) is 7.88. The Morgan fingerprint density at radius 2 is 2.05 bits per heavy atom. The number of carbonyl (C=O) groups excluding carboxylic acids is 1. The third kappa shape index (κ3) is 3.71. The highest BCUT2D eigenvalue weighted by atomic mass is 19.1. The molecule has 0 radical (unpaired) electrons. The first-order chi connectivity index (χ1) is 9.56. The van der Waals surface area contributed by atoms with Crippen LogP contribution in [0.2, 0.25) is 0 Å². The van der Waals surface area contributed by atoms with Crippen molar-refractivity contribution in [3.05, 3.63) is 29.6 Å². The Morgan fingerprint density at radius 1 is 1.35 bits per heavy atom. The number of rotatable bonds is 7. The summed E-state index contributed by atoms with van der Waals surface area (Å²) in [5.74, 6) is -0.482. The van der Waals surface area contributed by atoms with Gasteiger partial charge >= 0.3 is 0 Å².